The molecule has 0 atom stereocenters. The third-order valence-electron chi connectivity index (χ3n) is 6.64. The lowest BCUT2D eigenvalue weighted by atomic mass is 9.95. The Kier molecular flexibility index (Phi) is 7.57. The molecule has 1 aliphatic rings. The van der Waals surface area contributed by atoms with Gasteiger partial charge in [0.05, 0.1) is 11.1 Å². The van der Waals surface area contributed by atoms with Crippen molar-refractivity contribution >= 4 is 38.1 Å². The molecule has 2 aromatic rings. The van der Waals surface area contributed by atoms with Crippen molar-refractivity contribution < 1.29 is 13.2 Å². The van der Waals surface area contributed by atoms with Crippen LogP contribution in [0.5, 0.6) is 0 Å². The molecule has 2 aromatic carbocycles. The van der Waals surface area contributed by atoms with E-state index in [0.29, 0.717) is 30.8 Å². The fourth-order valence-corrected chi connectivity index (χ4v) is 6.59. The second kappa shape index (κ2) is 9.85. The third-order valence-corrected chi connectivity index (χ3v) is 9.53. The summed E-state index contributed by atoms with van der Waals surface area (Å²) in [6, 6.07) is 7.59. The molecule has 1 heterocycles. The van der Waals surface area contributed by atoms with Crippen molar-refractivity contribution in [1.29, 1.82) is 0 Å². The van der Waals surface area contributed by atoms with Gasteiger partial charge in [-0.25, -0.2) is 13.8 Å². The van der Waals surface area contributed by atoms with Gasteiger partial charge in [-0.3, -0.25) is 4.79 Å². The second-order valence-corrected chi connectivity index (χ2v) is 11.1. The first-order valence-electron chi connectivity index (χ1n) is 10.7. The Hall–Kier alpha value is -2.03. The average Bonchev–Trinajstić information content (AvgIpc) is 2.77. The molecule has 32 heavy (non-hydrogen) atoms. The number of hydrogen-bond donors (Lipinski definition) is 1. The van der Waals surface area contributed by atoms with Crippen molar-refractivity contribution in [2.24, 2.45) is 11.0 Å². The van der Waals surface area contributed by atoms with Crippen LogP contribution in [0.1, 0.15) is 46.2 Å². The van der Waals surface area contributed by atoms with E-state index in [1.807, 2.05) is 58.9 Å². The summed E-state index contributed by atoms with van der Waals surface area (Å²) in [5, 5.41) is 4.06. The first-order chi connectivity index (χ1) is 15.1. The van der Waals surface area contributed by atoms with Crippen molar-refractivity contribution in [3.05, 3.63) is 62.1 Å². The van der Waals surface area contributed by atoms with Gasteiger partial charge in [-0.15, -0.1) is 0 Å². The molecule has 1 amide bonds. The van der Waals surface area contributed by atoms with E-state index in [1.54, 1.807) is 6.21 Å². The summed E-state index contributed by atoms with van der Waals surface area (Å²) in [6.45, 7) is 10.4. The number of hydrogen-bond acceptors (Lipinski definition) is 4. The highest BCUT2D eigenvalue weighted by atomic mass is 79.9. The number of hydrazone groups is 1. The van der Waals surface area contributed by atoms with Gasteiger partial charge in [0.25, 0.3) is 0 Å². The average molecular weight is 520 g/mol. The van der Waals surface area contributed by atoms with Crippen molar-refractivity contribution in [3.8, 4) is 0 Å². The van der Waals surface area contributed by atoms with E-state index in [0.717, 1.165) is 37.9 Å². The molecule has 8 heteroatoms. The van der Waals surface area contributed by atoms with Crippen LogP contribution in [-0.4, -0.2) is 37.9 Å². The molecule has 0 aliphatic carbocycles. The molecule has 1 fully saturated rings. The minimum Gasteiger partial charge on any atom is -0.273 e. The van der Waals surface area contributed by atoms with E-state index < -0.39 is 10.0 Å². The molecular weight excluding hydrogens is 490 g/mol. The monoisotopic (exact) mass is 519 g/mol. The first-order valence-corrected chi connectivity index (χ1v) is 12.9. The molecule has 0 aromatic heterocycles. The maximum absolute atomic E-state index is 13.5. The molecule has 0 unspecified atom stereocenters. The van der Waals surface area contributed by atoms with Gasteiger partial charge < -0.3 is 0 Å². The predicted octanol–water partition coefficient (Wildman–Crippen LogP) is 4.54. The van der Waals surface area contributed by atoms with Crippen molar-refractivity contribution in [2.75, 3.05) is 13.1 Å². The number of carbonyl (C=O) groups is 1. The highest BCUT2D eigenvalue weighted by Crippen LogP contribution is 2.33. The van der Waals surface area contributed by atoms with Crippen molar-refractivity contribution in [3.63, 3.8) is 0 Å². The van der Waals surface area contributed by atoms with Gasteiger partial charge in [-0.1, -0.05) is 34.1 Å². The zero-order valence-corrected chi connectivity index (χ0v) is 21.6. The van der Waals surface area contributed by atoms with Crippen LogP contribution < -0.4 is 5.43 Å². The summed E-state index contributed by atoms with van der Waals surface area (Å²) in [4.78, 5) is 12.9. The fraction of sp³-hybridized carbons (Fsp3) is 0.417. The summed E-state index contributed by atoms with van der Waals surface area (Å²) in [6.07, 6.45) is 2.53. The van der Waals surface area contributed by atoms with E-state index in [4.69, 9.17) is 0 Å². The molecule has 1 saturated heterocycles. The van der Waals surface area contributed by atoms with Gasteiger partial charge >= 0.3 is 0 Å². The fourth-order valence-electron chi connectivity index (χ4n) is 4.18. The zero-order chi connectivity index (χ0) is 23.6. The molecular formula is C24H30BrN3O3S. The van der Waals surface area contributed by atoms with Crippen LogP contribution in [0, 0.1) is 40.5 Å². The number of sulfonamides is 1. The second-order valence-electron chi connectivity index (χ2n) is 8.39. The molecule has 172 valence electrons. The lowest BCUT2D eigenvalue weighted by molar-refractivity contribution is -0.126. The Morgan fingerprint density at radius 3 is 2.09 bits per heavy atom. The summed E-state index contributed by atoms with van der Waals surface area (Å²) in [7, 11) is -3.63. The molecule has 1 aliphatic heterocycles. The van der Waals surface area contributed by atoms with E-state index in [1.165, 1.54) is 4.31 Å². The highest BCUT2D eigenvalue weighted by molar-refractivity contribution is 9.10. The van der Waals surface area contributed by atoms with Crippen LogP contribution >= 0.6 is 15.9 Å². The van der Waals surface area contributed by atoms with Gasteiger partial charge in [0, 0.05) is 29.0 Å². The maximum atomic E-state index is 13.5. The van der Waals surface area contributed by atoms with E-state index in [9.17, 15) is 13.2 Å². The third kappa shape index (κ3) is 4.82. The zero-order valence-electron chi connectivity index (χ0n) is 19.2. The first kappa shape index (κ1) is 24.6. The van der Waals surface area contributed by atoms with Crippen LogP contribution in [0.2, 0.25) is 0 Å². The minimum atomic E-state index is -3.63. The van der Waals surface area contributed by atoms with Gasteiger partial charge in [-0.2, -0.15) is 9.41 Å². The molecule has 0 spiro atoms. The normalized spacial score (nSPS) is 15.9. The van der Waals surface area contributed by atoms with Crippen LogP contribution in [0.3, 0.4) is 0 Å². The largest absolute Gasteiger partial charge is 0.273 e. The minimum absolute atomic E-state index is 0.181. The quantitative estimate of drug-likeness (QED) is 0.465. The smallest absolute Gasteiger partial charge is 0.243 e. The number of nitrogens with one attached hydrogen (secondary N) is 1. The molecule has 0 bridgehead atoms. The summed E-state index contributed by atoms with van der Waals surface area (Å²) < 4.78 is 29.4. The van der Waals surface area contributed by atoms with E-state index in [2.05, 4.69) is 26.5 Å². The lowest BCUT2D eigenvalue weighted by Crippen LogP contribution is -2.42. The van der Waals surface area contributed by atoms with Gasteiger partial charge in [0.1, 0.15) is 0 Å². The van der Waals surface area contributed by atoms with E-state index >= 15 is 0 Å². The molecule has 0 radical (unpaired) electrons. The van der Waals surface area contributed by atoms with Gasteiger partial charge in [-0.05, 0) is 81.3 Å². The number of carbonyl (C=O) groups excluding carboxylic acids is 1. The summed E-state index contributed by atoms with van der Waals surface area (Å²) in [5.41, 5.74) is 8.25. The SMILES string of the molecule is Cc1c(C)c(C)c(S(=O)(=O)N2CCC(C(=O)N/N=C/c3ccccc3Br)CC2)c(C)c1C. The van der Waals surface area contributed by atoms with Crippen molar-refractivity contribution in [1.82, 2.24) is 9.73 Å². The number of rotatable bonds is 5. The number of piperidine rings is 1. The van der Waals surface area contributed by atoms with Gasteiger partial charge in [0.2, 0.25) is 15.9 Å². The van der Waals surface area contributed by atoms with Crippen LogP contribution in [0.4, 0.5) is 0 Å². The highest BCUT2D eigenvalue weighted by Gasteiger charge is 2.34. The van der Waals surface area contributed by atoms with E-state index in [-0.39, 0.29) is 11.8 Å². The van der Waals surface area contributed by atoms with Crippen LogP contribution in [0.15, 0.2) is 38.7 Å². The Morgan fingerprint density at radius 1 is 1.00 bits per heavy atom. The maximum Gasteiger partial charge on any atom is 0.243 e. The summed E-state index contributed by atoms with van der Waals surface area (Å²) in [5.74, 6) is -0.443. The lowest BCUT2D eigenvalue weighted by Gasteiger charge is -2.31. The number of benzene rings is 2. The Balaban J connectivity index is 1.68. The topological polar surface area (TPSA) is 78.8 Å². The number of amides is 1. The standard InChI is InChI=1S/C24H30BrN3O3S/c1-15-16(2)18(4)23(19(5)17(15)3)32(30,31)28-12-10-20(11-13-28)24(29)27-26-14-21-8-6-7-9-22(21)25/h6-9,14,20H,10-13H2,1-5H3,(H,27,29)/b26-14+. The summed E-state index contributed by atoms with van der Waals surface area (Å²) >= 11 is 3.44. The Morgan fingerprint density at radius 2 is 1.53 bits per heavy atom. The number of halogens is 1. The van der Waals surface area contributed by atoms with Gasteiger partial charge in [0.15, 0.2) is 0 Å². The molecule has 0 saturated carbocycles. The van der Waals surface area contributed by atoms with Crippen molar-refractivity contribution in [2.45, 2.75) is 52.4 Å². The Bertz CT molecular complexity index is 1140. The molecule has 6 nitrogen and oxygen atoms in total. The Labute approximate surface area is 199 Å². The number of nitrogens with zero attached hydrogens (tertiary/aromatic N) is 2. The van der Waals surface area contributed by atoms with Crippen LogP contribution in [0.25, 0.3) is 0 Å². The van der Waals surface area contributed by atoms with Crippen LogP contribution in [-0.2, 0) is 14.8 Å². The molecule has 1 N–H and O–H groups in total. The predicted molar refractivity (Wildman–Crippen MR) is 131 cm³/mol. The molecule has 3 rings (SSSR count).